The topological polar surface area (TPSA) is 32.3 Å². The minimum atomic E-state index is -0.151. The number of rotatable bonds is 4. The van der Waals surface area contributed by atoms with E-state index in [4.69, 9.17) is 11.6 Å². The van der Waals surface area contributed by atoms with Crippen molar-refractivity contribution in [3.8, 4) is 0 Å². The highest BCUT2D eigenvalue weighted by Crippen LogP contribution is 2.32. The molecule has 0 saturated heterocycles. The van der Waals surface area contributed by atoms with Gasteiger partial charge in [-0.1, -0.05) is 45.7 Å². The van der Waals surface area contributed by atoms with Crippen LogP contribution in [0, 0.1) is 0 Å². The summed E-state index contributed by atoms with van der Waals surface area (Å²) < 4.78 is 0. The van der Waals surface area contributed by atoms with Crippen LogP contribution in [0.3, 0.4) is 0 Å². The number of hydrogen-bond acceptors (Lipinski definition) is 2. The molecule has 0 fully saturated rings. The zero-order valence-electron chi connectivity index (χ0n) is 11.9. The Hall–Kier alpha value is -1.52. The van der Waals surface area contributed by atoms with E-state index >= 15 is 0 Å². The molecule has 110 valence electrons. The van der Waals surface area contributed by atoms with E-state index in [0.29, 0.717) is 16.3 Å². The van der Waals surface area contributed by atoms with Crippen molar-refractivity contribution in [2.45, 2.75) is 5.33 Å². The first-order valence-corrected chi connectivity index (χ1v) is 7.95. The minimum Gasteiger partial charge on any atom is -0.375 e. The molecule has 0 spiro atoms. The quantitative estimate of drug-likeness (QED) is 0.804. The largest absolute Gasteiger partial charge is 0.375 e. The van der Waals surface area contributed by atoms with Crippen molar-refractivity contribution >= 4 is 44.8 Å². The number of benzene rings is 2. The summed E-state index contributed by atoms with van der Waals surface area (Å²) >= 11 is 9.58. The van der Waals surface area contributed by atoms with Gasteiger partial charge < -0.3 is 10.2 Å². The van der Waals surface area contributed by atoms with Crippen LogP contribution in [0.4, 0.5) is 11.4 Å². The van der Waals surface area contributed by atoms with E-state index in [1.807, 2.05) is 55.4 Å². The predicted molar refractivity (Wildman–Crippen MR) is 92.8 cm³/mol. The summed E-state index contributed by atoms with van der Waals surface area (Å²) in [5, 5.41) is 4.29. The number of alkyl halides is 1. The SMILES string of the molecule is CN(C)c1c(Cl)cccc1NC(=O)c1ccc(CBr)cc1. The van der Waals surface area contributed by atoms with Crippen molar-refractivity contribution in [1.82, 2.24) is 0 Å². The highest BCUT2D eigenvalue weighted by Gasteiger charge is 2.12. The summed E-state index contributed by atoms with van der Waals surface area (Å²) in [6.07, 6.45) is 0. The maximum Gasteiger partial charge on any atom is 0.255 e. The fourth-order valence-electron chi connectivity index (χ4n) is 2.01. The van der Waals surface area contributed by atoms with Gasteiger partial charge in [0.15, 0.2) is 0 Å². The number of carbonyl (C=O) groups excluding carboxylic acids is 1. The van der Waals surface area contributed by atoms with Crippen molar-refractivity contribution in [3.63, 3.8) is 0 Å². The Kier molecular flexibility index (Phi) is 5.26. The van der Waals surface area contributed by atoms with E-state index in [1.54, 1.807) is 6.07 Å². The Morgan fingerprint density at radius 1 is 1.19 bits per heavy atom. The molecule has 1 amide bonds. The molecular formula is C16H16BrClN2O. The summed E-state index contributed by atoms with van der Waals surface area (Å²) in [4.78, 5) is 14.2. The lowest BCUT2D eigenvalue weighted by molar-refractivity contribution is 0.102. The van der Waals surface area contributed by atoms with E-state index in [-0.39, 0.29) is 5.91 Å². The number of nitrogens with zero attached hydrogens (tertiary/aromatic N) is 1. The van der Waals surface area contributed by atoms with Crippen LogP contribution in [0.25, 0.3) is 0 Å². The molecule has 5 heteroatoms. The molecule has 0 aliphatic heterocycles. The number of carbonyl (C=O) groups is 1. The number of hydrogen-bond donors (Lipinski definition) is 1. The zero-order chi connectivity index (χ0) is 15.4. The normalized spacial score (nSPS) is 10.3. The first-order valence-electron chi connectivity index (χ1n) is 6.45. The molecule has 0 radical (unpaired) electrons. The van der Waals surface area contributed by atoms with E-state index in [0.717, 1.165) is 16.6 Å². The van der Waals surface area contributed by atoms with Crippen molar-refractivity contribution < 1.29 is 4.79 Å². The van der Waals surface area contributed by atoms with Crippen molar-refractivity contribution in [2.24, 2.45) is 0 Å². The lowest BCUT2D eigenvalue weighted by Crippen LogP contribution is -2.17. The first-order chi connectivity index (χ1) is 10.0. The molecule has 0 aromatic heterocycles. The standard InChI is InChI=1S/C16H16BrClN2O/c1-20(2)15-13(18)4-3-5-14(15)19-16(21)12-8-6-11(10-17)7-9-12/h3-9H,10H2,1-2H3,(H,19,21). The zero-order valence-corrected chi connectivity index (χ0v) is 14.2. The monoisotopic (exact) mass is 366 g/mol. The maximum atomic E-state index is 12.3. The minimum absolute atomic E-state index is 0.151. The van der Waals surface area contributed by atoms with Gasteiger partial charge in [-0.2, -0.15) is 0 Å². The van der Waals surface area contributed by atoms with Gasteiger partial charge in [-0.25, -0.2) is 0 Å². The van der Waals surface area contributed by atoms with Gasteiger partial charge in [0.25, 0.3) is 5.91 Å². The van der Waals surface area contributed by atoms with Crippen LogP contribution < -0.4 is 10.2 Å². The lowest BCUT2D eigenvalue weighted by Gasteiger charge is -2.19. The Morgan fingerprint density at radius 3 is 2.43 bits per heavy atom. The molecule has 21 heavy (non-hydrogen) atoms. The van der Waals surface area contributed by atoms with Crippen molar-refractivity contribution in [3.05, 3.63) is 58.6 Å². The fourth-order valence-corrected chi connectivity index (χ4v) is 2.73. The van der Waals surface area contributed by atoms with Crippen LogP contribution in [-0.2, 0) is 5.33 Å². The van der Waals surface area contributed by atoms with Crippen molar-refractivity contribution in [1.29, 1.82) is 0 Å². The summed E-state index contributed by atoms with van der Waals surface area (Å²) in [6, 6.07) is 12.9. The van der Waals surface area contributed by atoms with E-state index in [2.05, 4.69) is 21.2 Å². The van der Waals surface area contributed by atoms with Crippen LogP contribution >= 0.6 is 27.5 Å². The second-order valence-corrected chi connectivity index (χ2v) is 5.78. The van der Waals surface area contributed by atoms with Gasteiger partial charge in [-0.15, -0.1) is 0 Å². The second-order valence-electron chi connectivity index (χ2n) is 4.82. The summed E-state index contributed by atoms with van der Waals surface area (Å²) in [6.45, 7) is 0. The first kappa shape index (κ1) is 15.9. The average molecular weight is 368 g/mol. The fraction of sp³-hybridized carbons (Fsp3) is 0.188. The highest BCUT2D eigenvalue weighted by molar-refractivity contribution is 9.08. The number of nitrogens with one attached hydrogen (secondary N) is 1. The smallest absolute Gasteiger partial charge is 0.255 e. The van der Waals surface area contributed by atoms with E-state index in [1.165, 1.54) is 0 Å². The number of amides is 1. The van der Waals surface area contributed by atoms with Gasteiger partial charge in [0.05, 0.1) is 16.4 Å². The summed E-state index contributed by atoms with van der Waals surface area (Å²) in [5.74, 6) is -0.151. The third kappa shape index (κ3) is 3.77. The Morgan fingerprint density at radius 2 is 1.86 bits per heavy atom. The van der Waals surface area contributed by atoms with Gasteiger partial charge in [-0.05, 0) is 29.8 Å². The third-order valence-corrected chi connectivity index (χ3v) is 4.01. The van der Waals surface area contributed by atoms with Crippen molar-refractivity contribution in [2.75, 3.05) is 24.3 Å². The van der Waals surface area contributed by atoms with Crippen LogP contribution in [0.5, 0.6) is 0 Å². The molecule has 2 rings (SSSR count). The number of para-hydroxylation sites is 1. The summed E-state index contributed by atoms with van der Waals surface area (Å²) in [5.41, 5.74) is 3.24. The van der Waals surface area contributed by atoms with Gasteiger partial charge in [0.2, 0.25) is 0 Å². The van der Waals surface area contributed by atoms with Gasteiger partial charge in [-0.3, -0.25) is 4.79 Å². The Bertz CT molecular complexity index is 641. The van der Waals surface area contributed by atoms with Crippen LogP contribution in [0.2, 0.25) is 5.02 Å². The molecule has 0 atom stereocenters. The van der Waals surface area contributed by atoms with E-state index < -0.39 is 0 Å². The lowest BCUT2D eigenvalue weighted by atomic mass is 10.1. The third-order valence-electron chi connectivity index (χ3n) is 3.05. The molecule has 0 unspecified atom stereocenters. The average Bonchev–Trinajstić information content (AvgIpc) is 2.47. The molecule has 1 N–H and O–H groups in total. The Labute approximate surface area is 138 Å². The van der Waals surface area contributed by atoms with Gasteiger partial charge in [0, 0.05) is 25.0 Å². The van der Waals surface area contributed by atoms with E-state index in [9.17, 15) is 4.79 Å². The molecule has 0 saturated carbocycles. The molecule has 0 aliphatic rings. The number of anilines is 2. The van der Waals surface area contributed by atoms with Gasteiger partial charge in [0.1, 0.15) is 0 Å². The molecule has 0 aliphatic carbocycles. The van der Waals surface area contributed by atoms with Crippen LogP contribution in [-0.4, -0.2) is 20.0 Å². The molecular weight excluding hydrogens is 352 g/mol. The van der Waals surface area contributed by atoms with Gasteiger partial charge >= 0.3 is 0 Å². The molecule has 2 aromatic rings. The molecule has 2 aromatic carbocycles. The highest BCUT2D eigenvalue weighted by atomic mass is 79.9. The predicted octanol–water partition coefficient (Wildman–Crippen LogP) is 4.55. The Balaban J connectivity index is 2.25. The molecule has 0 heterocycles. The van der Waals surface area contributed by atoms with Crippen LogP contribution in [0.1, 0.15) is 15.9 Å². The number of halogens is 2. The maximum absolute atomic E-state index is 12.3. The van der Waals surface area contributed by atoms with Crippen LogP contribution in [0.15, 0.2) is 42.5 Å². The second kappa shape index (κ2) is 6.96. The molecule has 3 nitrogen and oxygen atoms in total. The molecule has 0 bridgehead atoms. The summed E-state index contributed by atoms with van der Waals surface area (Å²) in [7, 11) is 3.78.